The topological polar surface area (TPSA) is 523 Å². The third kappa shape index (κ3) is 41.6. The first kappa shape index (κ1) is 66.0. The van der Waals surface area contributed by atoms with E-state index in [2.05, 4.69) is 15.4 Å². The van der Waals surface area contributed by atoms with Gasteiger partial charge < -0.3 is 91.9 Å². The molecule has 25 N–H and O–H groups in total. The molecule has 0 saturated carbocycles. The molecule has 1 aliphatic heterocycles. The number of hydrogen-bond acceptors (Lipinski definition) is 18. The SMILES string of the molecule is CC(C)C[C@H](N)C(=O)O.CC(C)[C@H](N)C(=O)OC(=O)[C@@H](N)CCCNC(=N)N.CC[C@H](C)[C@H](N)C(=O)O.NC(=O)CC[C@H](N)C(=O)O.N[C@@H](CO)C(=O)O.O=C(O)[C@@H]1CCCN1. The Morgan fingerprint density at radius 2 is 1.23 bits per heavy atom. The molecular weight excluding hydrogens is 826 g/mol. The molecule has 1 aliphatic rings. The molecule has 1 fully saturated rings. The molecule has 0 aromatic carbocycles. The predicted molar refractivity (Wildman–Crippen MR) is 227 cm³/mol. The summed E-state index contributed by atoms with van der Waals surface area (Å²) in [6.45, 7) is 11.9. The standard InChI is InChI=1S/C11H23N5O3.2C6H13NO2.C5H10N2O3.C5H9NO2.C3H7NO3/c1-6(2)8(13)10(18)19-9(17)7(12)4-3-5-16-11(14)15;1-4(2)3-5(7)6(8)9;1-3-4(2)5(7)6(8)9;6-3(5(9)10)1-2-4(7)8;7-5(8)4-2-1-3-6-4;4-2(1-5)3(6)7/h6-8H,3-5,12-13H2,1-2H3,(H4,14,15,16);2*4-5H,3,7H2,1-2H3,(H,8,9);3H,1-2,6H2,(H2,7,8)(H,9,10);4,6H,1-3H2,(H,7,8);2,5H,1,4H2,(H,6,7)/t7-,8-;5-;4-,5-;3-;4-;2-/m000000/s1. The predicted octanol–water partition coefficient (Wildman–Crippen LogP) is -3.60. The third-order valence-corrected chi connectivity index (χ3v) is 7.98. The van der Waals surface area contributed by atoms with E-state index in [0.29, 0.717) is 31.7 Å². The Morgan fingerprint density at radius 1 is 0.726 bits per heavy atom. The molecule has 0 spiro atoms. The summed E-state index contributed by atoms with van der Waals surface area (Å²) in [6.07, 6.45) is 4.12. The highest BCUT2D eigenvalue weighted by Crippen LogP contribution is 2.06. The highest BCUT2D eigenvalue weighted by atomic mass is 16.6. The first-order valence-electron chi connectivity index (χ1n) is 19.5. The number of hydrogen-bond donors (Lipinski definition) is 17. The fourth-order valence-electron chi connectivity index (χ4n) is 3.68. The molecule has 0 aliphatic carbocycles. The van der Waals surface area contributed by atoms with Crippen molar-refractivity contribution in [1.29, 1.82) is 5.41 Å². The summed E-state index contributed by atoms with van der Waals surface area (Å²) < 4.78 is 4.60. The van der Waals surface area contributed by atoms with E-state index in [-0.39, 0.29) is 36.7 Å². The van der Waals surface area contributed by atoms with Crippen LogP contribution in [-0.2, 0) is 43.1 Å². The van der Waals surface area contributed by atoms with E-state index in [1.54, 1.807) is 13.8 Å². The third-order valence-electron chi connectivity index (χ3n) is 7.98. The number of rotatable bonds is 20. The summed E-state index contributed by atoms with van der Waals surface area (Å²) in [5.74, 6) is -6.75. The number of primary amides is 1. The number of amides is 1. The lowest BCUT2D eigenvalue weighted by Gasteiger charge is -2.15. The number of carbonyl (C=O) groups excluding carboxylic acids is 3. The van der Waals surface area contributed by atoms with E-state index in [1.165, 1.54) is 0 Å². The van der Waals surface area contributed by atoms with Crippen LogP contribution in [0.5, 0.6) is 0 Å². The number of guanidine groups is 1. The summed E-state index contributed by atoms with van der Waals surface area (Å²) >= 11 is 0. The molecule has 62 heavy (non-hydrogen) atoms. The fourth-order valence-corrected chi connectivity index (χ4v) is 3.68. The van der Waals surface area contributed by atoms with Gasteiger partial charge in [0.1, 0.15) is 42.3 Å². The summed E-state index contributed by atoms with van der Waals surface area (Å²) in [4.78, 5) is 83.1. The van der Waals surface area contributed by atoms with Gasteiger partial charge in [-0.1, -0.05) is 48.0 Å². The van der Waals surface area contributed by atoms with Gasteiger partial charge in [0.15, 0.2) is 5.96 Å². The number of nitrogens with two attached hydrogens (primary N) is 8. The average Bonchev–Trinajstić information content (AvgIpc) is 3.74. The Balaban J connectivity index is -0.000000219. The summed E-state index contributed by atoms with van der Waals surface area (Å²) in [5, 5.41) is 61.5. The van der Waals surface area contributed by atoms with Crippen molar-refractivity contribution < 1.29 is 73.7 Å². The summed E-state index contributed by atoms with van der Waals surface area (Å²) in [7, 11) is 0. The molecule has 1 heterocycles. The van der Waals surface area contributed by atoms with E-state index >= 15 is 0 Å². The molecule has 0 radical (unpaired) electrons. The van der Waals surface area contributed by atoms with Crippen LogP contribution in [0.2, 0.25) is 0 Å². The molecule has 0 aromatic rings. The van der Waals surface area contributed by atoms with Crippen LogP contribution >= 0.6 is 0 Å². The van der Waals surface area contributed by atoms with Gasteiger partial charge in [-0.25, -0.2) is 9.59 Å². The molecule has 26 nitrogen and oxygen atoms in total. The zero-order valence-electron chi connectivity index (χ0n) is 36.5. The number of carboxylic acids is 5. The number of aliphatic hydroxyl groups is 1. The highest BCUT2D eigenvalue weighted by molar-refractivity contribution is 5.90. The second-order valence-corrected chi connectivity index (χ2v) is 14.5. The number of aliphatic carboxylic acids is 5. The smallest absolute Gasteiger partial charge is 0.330 e. The van der Waals surface area contributed by atoms with Crippen LogP contribution in [0, 0.1) is 23.2 Å². The molecule has 0 unspecified atom stereocenters. The van der Waals surface area contributed by atoms with Crippen molar-refractivity contribution >= 4 is 53.7 Å². The van der Waals surface area contributed by atoms with Crippen LogP contribution in [0.3, 0.4) is 0 Å². The van der Waals surface area contributed by atoms with Gasteiger partial charge >= 0.3 is 41.8 Å². The Kier molecular flexibility index (Phi) is 41.3. The normalized spacial score (nSPS) is 15.8. The van der Waals surface area contributed by atoms with E-state index < -0.39 is 90.6 Å². The van der Waals surface area contributed by atoms with Crippen molar-refractivity contribution in [2.24, 2.45) is 63.6 Å². The van der Waals surface area contributed by atoms with Crippen molar-refractivity contribution in [3.63, 3.8) is 0 Å². The van der Waals surface area contributed by atoms with Gasteiger partial charge in [-0.3, -0.25) is 34.2 Å². The van der Waals surface area contributed by atoms with Crippen molar-refractivity contribution in [3.05, 3.63) is 0 Å². The van der Waals surface area contributed by atoms with Crippen molar-refractivity contribution in [3.8, 4) is 0 Å². The molecule has 364 valence electrons. The fraction of sp³-hybridized carbons (Fsp3) is 0.750. The maximum absolute atomic E-state index is 11.5. The zero-order valence-corrected chi connectivity index (χ0v) is 36.5. The average molecular weight is 902 g/mol. The molecule has 1 saturated heterocycles. The van der Waals surface area contributed by atoms with E-state index in [4.69, 9.17) is 81.9 Å². The number of nitrogens with one attached hydrogen (secondary N) is 3. The number of carboxylic acid groups (broad SMARTS) is 5. The van der Waals surface area contributed by atoms with Crippen LogP contribution in [-0.4, -0.2) is 146 Å². The minimum atomic E-state index is -1.18. The molecule has 26 heteroatoms. The lowest BCUT2D eigenvalue weighted by atomic mass is 10.0. The number of carbonyl (C=O) groups is 8. The Bertz CT molecular complexity index is 1340. The number of aliphatic hydroxyl groups excluding tert-OH is 1. The Morgan fingerprint density at radius 3 is 1.48 bits per heavy atom. The van der Waals surface area contributed by atoms with E-state index in [1.807, 2.05) is 27.7 Å². The van der Waals surface area contributed by atoms with Gasteiger partial charge in [0, 0.05) is 13.0 Å². The first-order chi connectivity index (χ1) is 28.4. The van der Waals surface area contributed by atoms with Crippen LogP contribution in [0.25, 0.3) is 0 Å². The summed E-state index contributed by atoms with van der Waals surface area (Å²) in [6, 6.07) is -5.49. The number of esters is 2. The largest absolute Gasteiger partial charge is 0.480 e. The summed E-state index contributed by atoms with van der Waals surface area (Å²) in [5.41, 5.74) is 41.3. The van der Waals surface area contributed by atoms with Crippen LogP contribution in [0.15, 0.2) is 0 Å². The van der Waals surface area contributed by atoms with Gasteiger partial charge in [0.2, 0.25) is 5.91 Å². The van der Waals surface area contributed by atoms with Gasteiger partial charge in [-0.2, -0.15) is 0 Å². The Labute approximate surface area is 361 Å². The highest BCUT2D eigenvalue weighted by Gasteiger charge is 2.25. The second kappa shape index (κ2) is 38.8. The zero-order chi connectivity index (χ0) is 49.9. The second-order valence-electron chi connectivity index (χ2n) is 14.5. The van der Waals surface area contributed by atoms with Crippen molar-refractivity contribution in [1.82, 2.24) is 10.6 Å². The molecular formula is C36H75N11O15. The van der Waals surface area contributed by atoms with Crippen LogP contribution in [0.4, 0.5) is 0 Å². The van der Waals surface area contributed by atoms with Gasteiger partial charge in [0.05, 0.1) is 6.61 Å². The monoisotopic (exact) mass is 902 g/mol. The molecule has 0 aromatic heterocycles. The van der Waals surface area contributed by atoms with E-state index in [0.717, 1.165) is 25.8 Å². The molecule has 1 rings (SSSR count). The van der Waals surface area contributed by atoms with Crippen molar-refractivity contribution in [2.75, 3.05) is 19.7 Å². The quantitative estimate of drug-likeness (QED) is 0.0184. The molecule has 8 atom stereocenters. The number of ether oxygens (including phenoxy) is 1. The maximum Gasteiger partial charge on any atom is 0.330 e. The van der Waals surface area contributed by atoms with Crippen LogP contribution < -0.4 is 56.5 Å². The molecule has 0 bridgehead atoms. The lowest BCUT2D eigenvalue weighted by molar-refractivity contribution is -0.162. The first-order valence-corrected chi connectivity index (χ1v) is 19.5. The van der Waals surface area contributed by atoms with Gasteiger partial charge in [0.25, 0.3) is 0 Å². The van der Waals surface area contributed by atoms with Crippen LogP contribution in [0.1, 0.15) is 92.9 Å². The minimum absolute atomic E-state index is 0.0213. The van der Waals surface area contributed by atoms with Gasteiger partial charge in [-0.05, 0) is 62.8 Å². The minimum Gasteiger partial charge on any atom is -0.480 e. The van der Waals surface area contributed by atoms with Crippen molar-refractivity contribution in [2.45, 2.75) is 135 Å². The Hall–Kier alpha value is -5.09. The van der Waals surface area contributed by atoms with Gasteiger partial charge in [-0.15, -0.1) is 0 Å². The lowest BCUT2D eigenvalue weighted by Crippen LogP contribution is -2.42. The van der Waals surface area contributed by atoms with E-state index in [9.17, 15) is 38.4 Å². The maximum atomic E-state index is 11.5. The molecule has 1 amide bonds.